The van der Waals surface area contributed by atoms with Gasteiger partial charge in [-0.05, 0) is 67.1 Å². The Bertz CT molecular complexity index is 563. The van der Waals surface area contributed by atoms with Crippen LogP contribution in [0.1, 0.15) is 65.2 Å². The first-order valence-electron chi connectivity index (χ1n) is 10.1. The zero-order chi connectivity index (χ0) is 16.6. The molecule has 0 radical (unpaired) electrons. The van der Waals surface area contributed by atoms with Gasteiger partial charge in [0.2, 0.25) is 0 Å². The second-order valence-electron chi connectivity index (χ2n) is 9.68. The van der Waals surface area contributed by atoms with Gasteiger partial charge in [0, 0.05) is 12.8 Å². The van der Waals surface area contributed by atoms with E-state index < -0.39 is 0 Å². The van der Waals surface area contributed by atoms with Crippen molar-refractivity contribution >= 4 is 0 Å². The number of aliphatic hydroxyl groups is 1. The van der Waals surface area contributed by atoms with Gasteiger partial charge in [0.1, 0.15) is 0 Å². The van der Waals surface area contributed by atoms with Crippen molar-refractivity contribution in [2.75, 3.05) is 13.2 Å². The molecule has 0 amide bonds. The van der Waals surface area contributed by atoms with E-state index in [4.69, 9.17) is 9.47 Å². The molecular formula is C21H32O3. The number of hydrogen-bond donors (Lipinski definition) is 1. The lowest BCUT2D eigenvalue weighted by molar-refractivity contribution is -0.185. The summed E-state index contributed by atoms with van der Waals surface area (Å²) in [5.41, 5.74) is 2.12. The van der Waals surface area contributed by atoms with Crippen LogP contribution in [0, 0.1) is 28.6 Å². The van der Waals surface area contributed by atoms with E-state index in [-0.39, 0.29) is 17.3 Å². The Kier molecular flexibility index (Phi) is 3.35. The molecule has 5 aliphatic rings. The van der Waals surface area contributed by atoms with E-state index >= 15 is 0 Å². The van der Waals surface area contributed by atoms with Crippen molar-refractivity contribution in [1.29, 1.82) is 0 Å². The van der Waals surface area contributed by atoms with Crippen molar-refractivity contribution in [3.05, 3.63) is 11.6 Å². The van der Waals surface area contributed by atoms with Crippen molar-refractivity contribution in [3.8, 4) is 0 Å². The molecule has 1 heterocycles. The molecule has 3 nitrogen and oxygen atoms in total. The minimum absolute atomic E-state index is 0.0726. The van der Waals surface area contributed by atoms with Crippen LogP contribution in [0.5, 0.6) is 0 Å². The van der Waals surface area contributed by atoms with Crippen LogP contribution in [0.15, 0.2) is 11.6 Å². The predicted octanol–water partition coefficient (Wildman–Crippen LogP) is 4.05. The lowest BCUT2D eigenvalue weighted by Crippen LogP contribution is -2.52. The Labute approximate surface area is 145 Å². The molecule has 3 saturated carbocycles. The van der Waals surface area contributed by atoms with Crippen molar-refractivity contribution in [1.82, 2.24) is 0 Å². The molecule has 3 heteroatoms. The second-order valence-corrected chi connectivity index (χ2v) is 9.68. The van der Waals surface area contributed by atoms with E-state index in [1.807, 2.05) is 0 Å². The fraction of sp³-hybridized carbons (Fsp3) is 0.905. The standard InChI is InChI=1S/C21H32O3/c1-19-9-10-21(23-11-12-24-21)13-14(19)3-4-15-16-5-6-18(22)20(16,2)8-7-17(15)19/h3,15-18,22H,4-13H2,1-2H3. The average molecular weight is 332 g/mol. The molecule has 0 aromatic rings. The Hall–Kier alpha value is -0.380. The Morgan fingerprint density at radius 2 is 1.79 bits per heavy atom. The highest BCUT2D eigenvalue weighted by atomic mass is 16.7. The molecule has 6 unspecified atom stereocenters. The highest BCUT2D eigenvalue weighted by molar-refractivity contribution is 5.26. The van der Waals surface area contributed by atoms with E-state index in [0.29, 0.717) is 5.41 Å². The SMILES string of the molecule is CC12CCC3(CC1=CCC1C2CCC2(C)C(O)CCC12)OCCO3. The van der Waals surface area contributed by atoms with E-state index in [9.17, 15) is 5.11 Å². The van der Waals surface area contributed by atoms with E-state index in [1.54, 1.807) is 5.57 Å². The van der Waals surface area contributed by atoms with Crippen LogP contribution in [0.3, 0.4) is 0 Å². The largest absolute Gasteiger partial charge is 0.393 e. The van der Waals surface area contributed by atoms with Gasteiger partial charge >= 0.3 is 0 Å². The summed E-state index contributed by atoms with van der Waals surface area (Å²) in [5.74, 6) is 1.98. The molecule has 5 rings (SSSR count). The van der Waals surface area contributed by atoms with Crippen LogP contribution in [-0.4, -0.2) is 30.2 Å². The molecule has 0 bridgehead atoms. The lowest BCUT2D eigenvalue weighted by atomic mass is 9.47. The summed E-state index contributed by atoms with van der Waals surface area (Å²) in [6.45, 7) is 6.40. The number of hydrogen-bond acceptors (Lipinski definition) is 3. The maximum absolute atomic E-state index is 10.6. The summed E-state index contributed by atoms with van der Waals surface area (Å²) < 4.78 is 12.0. The van der Waals surface area contributed by atoms with E-state index in [2.05, 4.69) is 19.9 Å². The van der Waals surface area contributed by atoms with Crippen molar-refractivity contribution < 1.29 is 14.6 Å². The number of rotatable bonds is 0. The Morgan fingerprint density at radius 3 is 2.58 bits per heavy atom. The van der Waals surface area contributed by atoms with Crippen LogP contribution >= 0.6 is 0 Å². The highest BCUT2D eigenvalue weighted by Gasteiger charge is 2.60. The number of aliphatic hydroxyl groups excluding tert-OH is 1. The summed E-state index contributed by atoms with van der Waals surface area (Å²) in [6.07, 6.45) is 11.7. The van der Waals surface area contributed by atoms with Crippen LogP contribution in [0.25, 0.3) is 0 Å². The first-order chi connectivity index (χ1) is 11.5. The molecule has 1 spiro atoms. The van der Waals surface area contributed by atoms with Crippen LogP contribution in [0.2, 0.25) is 0 Å². The van der Waals surface area contributed by atoms with Gasteiger partial charge in [0.25, 0.3) is 0 Å². The average Bonchev–Trinajstić information content (AvgIpc) is 3.14. The Balaban J connectivity index is 1.46. The molecule has 6 atom stereocenters. The van der Waals surface area contributed by atoms with E-state index in [0.717, 1.165) is 50.2 Å². The van der Waals surface area contributed by atoms with Gasteiger partial charge in [0.15, 0.2) is 5.79 Å². The summed E-state index contributed by atoms with van der Waals surface area (Å²) in [5, 5.41) is 10.6. The van der Waals surface area contributed by atoms with Crippen molar-refractivity contribution in [2.45, 2.75) is 77.1 Å². The van der Waals surface area contributed by atoms with Gasteiger partial charge in [-0.25, -0.2) is 0 Å². The van der Waals surface area contributed by atoms with E-state index in [1.165, 1.54) is 32.1 Å². The van der Waals surface area contributed by atoms with Crippen molar-refractivity contribution in [2.24, 2.45) is 28.6 Å². The monoisotopic (exact) mass is 332 g/mol. The maximum Gasteiger partial charge on any atom is 0.172 e. The van der Waals surface area contributed by atoms with Crippen molar-refractivity contribution in [3.63, 3.8) is 0 Å². The quantitative estimate of drug-likeness (QED) is 0.680. The second kappa shape index (κ2) is 5.08. The summed E-state index contributed by atoms with van der Waals surface area (Å²) in [6, 6.07) is 0. The minimum atomic E-state index is -0.301. The third-order valence-electron chi connectivity index (χ3n) is 8.87. The van der Waals surface area contributed by atoms with Crippen LogP contribution < -0.4 is 0 Å². The lowest BCUT2D eigenvalue weighted by Gasteiger charge is -2.58. The zero-order valence-corrected chi connectivity index (χ0v) is 15.2. The summed E-state index contributed by atoms with van der Waals surface area (Å²) in [7, 11) is 0. The van der Waals surface area contributed by atoms with Crippen LogP contribution in [-0.2, 0) is 9.47 Å². The smallest absolute Gasteiger partial charge is 0.172 e. The number of fused-ring (bicyclic) bond motifs is 5. The minimum Gasteiger partial charge on any atom is -0.393 e. The van der Waals surface area contributed by atoms with Gasteiger partial charge in [-0.1, -0.05) is 25.5 Å². The molecule has 1 aliphatic heterocycles. The van der Waals surface area contributed by atoms with Gasteiger partial charge in [-0.15, -0.1) is 0 Å². The third kappa shape index (κ3) is 1.95. The zero-order valence-electron chi connectivity index (χ0n) is 15.2. The van der Waals surface area contributed by atoms with Crippen LogP contribution in [0.4, 0.5) is 0 Å². The topological polar surface area (TPSA) is 38.7 Å². The molecule has 0 aromatic heterocycles. The number of ether oxygens (including phenoxy) is 2. The fourth-order valence-electron chi connectivity index (χ4n) is 7.32. The highest BCUT2D eigenvalue weighted by Crippen LogP contribution is 2.65. The fourth-order valence-corrected chi connectivity index (χ4v) is 7.32. The van der Waals surface area contributed by atoms with Gasteiger partial charge in [-0.3, -0.25) is 0 Å². The predicted molar refractivity (Wildman–Crippen MR) is 92.3 cm³/mol. The third-order valence-corrected chi connectivity index (χ3v) is 8.87. The van der Waals surface area contributed by atoms with Gasteiger partial charge in [0.05, 0.1) is 19.3 Å². The normalized spacial score (nSPS) is 52.5. The molecule has 134 valence electrons. The first kappa shape index (κ1) is 15.8. The molecule has 24 heavy (non-hydrogen) atoms. The summed E-state index contributed by atoms with van der Waals surface area (Å²) >= 11 is 0. The first-order valence-corrected chi connectivity index (χ1v) is 10.1. The van der Waals surface area contributed by atoms with Gasteiger partial charge in [-0.2, -0.15) is 0 Å². The number of allylic oxidation sites excluding steroid dienone is 1. The summed E-state index contributed by atoms with van der Waals surface area (Å²) in [4.78, 5) is 0. The molecule has 4 fully saturated rings. The molecule has 1 N–H and O–H groups in total. The molecule has 4 aliphatic carbocycles. The Morgan fingerprint density at radius 1 is 1.00 bits per heavy atom. The molecule has 1 saturated heterocycles. The van der Waals surface area contributed by atoms with Gasteiger partial charge < -0.3 is 14.6 Å². The molecular weight excluding hydrogens is 300 g/mol. The maximum atomic E-state index is 10.6. The molecule has 0 aromatic carbocycles.